The first kappa shape index (κ1) is 12.8. The van der Waals surface area contributed by atoms with Crippen molar-refractivity contribution in [3.8, 4) is 0 Å². The van der Waals surface area contributed by atoms with Crippen LogP contribution in [0.25, 0.3) is 21.5 Å². The topological polar surface area (TPSA) is 0 Å². The van der Waals surface area contributed by atoms with Crippen LogP contribution < -0.4 is 0 Å². The lowest BCUT2D eigenvalue weighted by atomic mass is 10.0. The van der Waals surface area contributed by atoms with Crippen molar-refractivity contribution in [3.63, 3.8) is 0 Å². The van der Waals surface area contributed by atoms with Crippen molar-refractivity contribution in [2.45, 2.75) is 0 Å². The SMILES string of the molecule is Cl.Cl.c1ccc2c(c1)ccc1ccccc12. The molecule has 0 aromatic heterocycles. The molecule has 16 heavy (non-hydrogen) atoms. The predicted molar refractivity (Wildman–Crippen MR) is 76.0 cm³/mol. The average molecular weight is 251 g/mol. The molecule has 3 aromatic carbocycles. The molecule has 0 fully saturated rings. The van der Waals surface area contributed by atoms with Gasteiger partial charge in [-0.3, -0.25) is 0 Å². The molecule has 0 spiro atoms. The molecule has 0 bridgehead atoms. The van der Waals surface area contributed by atoms with Gasteiger partial charge in [0.15, 0.2) is 0 Å². The van der Waals surface area contributed by atoms with Crippen LogP contribution >= 0.6 is 24.8 Å². The van der Waals surface area contributed by atoms with Crippen LogP contribution in [0.4, 0.5) is 0 Å². The van der Waals surface area contributed by atoms with Gasteiger partial charge < -0.3 is 0 Å². The Morgan fingerprint density at radius 1 is 0.438 bits per heavy atom. The summed E-state index contributed by atoms with van der Waals surface area (Å²) >= 11 is 0. The van der Waals surface area contributed by atoms with E-state index in [4.69, 9.17) is 0 Å². The fourth-order valence-corrected chi connectivity index (χ4v) is 1.95. The van der Waals surface area contributed by atoms with Gasteiger partial charge in [-0.1, -0.05) is 60.7 Å². The van der Waals surface area contributed by atoms with Crippen LogP contribution in [0.3, 0.4) is 0 Å². The van der Waals surface area contributed by atoms with Gasteiger partial charge in [0.25, 0.3) is 0 Å². The highest BCUT2D eigenvalue weighted by Crippen LogP contribution is 2.24. The van der Waals surface area contributed by atoms with Crippen LogP contribution in [0.15, 0.2) is 60.7 Å². The van der Waals surface area contributed by atoms with Crippen molar-refractivity contribution in [3.05, 3.63) is 60.7 Å². The highest BCUT2D eigenvalue weighted by Gasteiger charge is 1.97. The molecule has 82 valence electrons. The van der Waals surface area contributed by atoms with E-state index >= 15 is 0 Å². The van der Waals surface area contributed by atoms with Crippen LogP contribution in [0.2, 0.25) is 0 Å². The summed E-state index contributed by atoms with van der Waals surface area (Å²) in [7, 11) is 0. The Morgan fingerprint density at radius 3 is 1.25 bits per heavy atom. The van der Waals surface area contributed by atoms with Gasteiger partial charge in [-0.2, -0.15) is 0 Å². The van der Waals surface area contributed by atoms with Crippen molar-refractivity contribution in [1.82, 2.24) is 0 Å². The zero-order chi connectivity index (χ0) is 9.38. The third kappa shape index (κ3) is 1.99. The zero-order valence-corrected chi connectivity index (χ0v) is 10.2. The van der Waals surface area contributed by atoms with Gasteiger partial charge in [-0.05, 0) is 21.5 Å². The second kappa shape index (κ2) is 5.20. The summed E-state index contributed by atoms with van der Waals surface area (Å²) in [5.74, 6) is 0. The molecule has 0 amide bonds. The van der Waals surface area contributed by atoms with Gasteiger partial charge in [-0.25, -0.2) is 0 Å². The lowest BCUT2D eigenvalue weighted by molar-refractivity contribution is 1.76. The van der Waals surface area contributed by atoms with Crippen LogP contribution in [0, 0.1) is 0 Å². The maximum atomic E-state index is 2.18. The Kier molecular flexibility index (Phi) is 4.17. The number of rotatable bonds is 0. The van der Waals surface area contributed by atoms with E-state index in [2.05, 4.69) is 60.7 Å². The Morgan fingerprint density at radius 2 is 0.812 bits per heavy atom. The number of hydrogen-bond donors (Lipinski definition) is 0. The minimum absolute atomic E-state index is 0. The van der Waals surface area contributed by atoms with Crippen molar-refractivity contribution in [2.75, 3.05) is 0 Å². The predicted octanol–water partition coefficient (Wildman–Crippen LogP) is 4.84. The lowest BCUT2D eigenvalue weighted by Crippen LogP contribution is -1.75. The Labute approximate surface area is 107 Å². The molecular formula is C14H12Cl2. The van der Waals surface area contributed by atoms with Crippen molar-refractivity contribution < 1.29 is 0 Å². The molecule has 0 saturated heterocycles. The third-order valence-corrected chi connectivity index (χ3v) is 2.65. The van der Waals surface area contributed by atoms with Gasteiger partial charge in [0.05, 0.1) is 0 Å². The number of benzene rings is 3. The monoisotopic (exact) mass is 250 g/mol. The quantitative estimate of drug-likeness (QED) is 0.501. The fourth-order valence-electron chi connectivity index (χ4n) is 1.95. The fraction of sp³-hybridized carbons (Fsp3) is 0. The number of hydrogen-bond acceptors (Lipinski definition) is 0. The van der Waals surface area contributed by atoms with Crippen molar-refractivity contribution in [1.29, 1.82) is 0 Å². The summed E-state index contributed by atoms with van der Waals surface area (Å²) in [6.07, 6.45) is 0. The number of halogens is 2. The number of fused-ring (bicyclic) bond motifs is 3. The van der Waals surface area contributed by atoms with E-state index in [1.165, 1.54) is 21.5 Å². The summed E-state index contributed by atoms with van der Waals surface area (Å²) in [5, 5.41) is 5.30. The molecule has 0 N–H and O–H groups in total. The van der Waals surface area contributed by atoms with Gasteiger partial charge in [0.2, 0.25) is 0 Å². The second-order valence-corrected chi connectivity index (χ2v) is 3.51. The van der Waals surface area contributed by atoms with Gasteiger partial charge in [-0.15, -0.1) is 24.8 Å². The molecule has 0 radical (unpaired) electrons. The summed E-state index contributed by atoms with van der Waals surface area (Å²) in [5.41, 5.74) is 0. The zero-order valence-electron chi connectivity index (χ0n) is 8.59. The highest BCUT2D eigenvalue weighted by molar-refractivity contribution is 6.07. The molecule has 0 saturated carbocycles. The average Bonchev–Trinajstić information content (AvgIpc) is 2.29. The Balaban J connectivity index is 0.000000640. The molecule has 0 aliphatic rings. The van der Waals surface area contributed by atoms with Gasteiger partial charge >= 0.3 is 0 Å². The largest absolute Gasteiger partial charge is 0.147 e. The minimum atomic E-state index is 0. The first-order valence-electron chi connectivity index (χ1n) is 4.82. The Bertz CT molecular complexity index is 548. The van der Waals surface area contributed by atoms with E-state index in [-0.39, 0.29) is 24.8 Å². The highest BCUT2D eigenvalue weighted by atomic mass is 35.5. The van der Waals surface area contributed by atoms with Crippen LogP contribution in [0.1, 0.15) is 0 Å². The smallest absolute Gasteiger partial charge is 0.0105 e. The molecular weight excluding hydrogens is 239 g/mol. The standard InChI is InChI=1S/C14H10.2ClH/c1-3-7-13-11(5-1)9-10-12-6-2-4-8-14(12)13;;/h1-10H;2*1H. The molecule has 0 nitrogen and oxygen atoms in total. The van der Waals surface area contributed by atoms with Crippen LogP contribution in [-0.2, 0) is 0 Å². The second-order valence-electron chi connectivity index (χ2n) is 3.51. The normalized spacial score (nSPS) is 9.50. The Hall–Kier alpha value is -1.24. The lowest BCUT2D eigenvalue weighted by Gasteiger charge is -2.02. The molecule has 0 aliphatic heterocycles. The van der Waals surface area contributed by atoms with E-state index < -0.39 is 0 Å². The summed E-state index contributed by atoms with van der Waals surface area (Å²) < 4.78 is 0. The molecule has 0 unspecified atom stereocenters. The van der Waals surface area contributed by atoms with E-state index in [1.54, 1.807) is 0 Å². The third-order valence-electron chi connectivity index (χ3n) is 2.65. The molecule has 0 aliphatic carbocycles. The van der Waals surface area contributed by atoms with Crippen molar-refractivity contribution >= 4 is 46.4 Å². The minimum Gasteiger partial charge on any atom is -0.147 e. The molecule has 0 heterocycles. The molecule has 3 rings (SSSR count). The summed E-state index contributed by atoms with van der Waals surface area (Å²) in [6.45, 7) is 0. The van der Waals surface area contributed by atoms with Gasteiger partial charge in [0, 0.05) is 0 Å². The van der Waals surface area contributed by atoms with Crippen LogP contribution in [0.5, 0.6) is 0 Å². The van der Waals surface area contributed by atoms with E-state index in [0.717, 1.165) is 0 Å². The van der Waals surface area contributed by atoms with Gasteiger partial charge in [0.1, 0.15) is 0 Å². The summed E-state index contributed by atoms with van der Waals surface area (Å²) in [4.78, 5) is 0. The molecule has 2 heteroatoms. The van der Waals surface area contributed by atoms with E-state index in [0.29, 0.717) is 0 Å². The maximum Gasteiger partial charge on any atom is -0.0105 e. The molecule has 0 atom stereocenters. The van der Waals surface area contributed by atoms with E-state index in [1.807, 2.05) is 0 Å². The first-order valence-corrected chi connectivity index (χ1v) is 4.82. The van der Waals surface area contributed by atoms with E-state index in [9.17, 15) is 0 Å². The van der Waals surface area contributed by atoms with Crippen molar-refractivity contribution in [2.24, 2.45) is 0 Å². The molecule has 3 aromatic rings. The maximum absolute atomic E-state index is 2.18. The first-order chi connectivity index (χ1) is 6.95. The summed E-state index contributed by atoms with van der Waals surface area (Å²) in [6, 6.07) is 21.4. The van der Waals surface area contributed by atoms with Crippen LogP contribution in [-0.4, -0.2) is 0 Å².